The molecule has 1 nitrogen and oxygen atoms in total. The molecule has 0 fully saturated rings. The molecular weight excluding hydrogens is 81.0 g/mol. The third-order valence-electron chi connectivity index (χ3n) is 0. The fourth-order valence-electron chi connectivity index (χ4n) is 0. The van der Waals surface area contributed by atoms with Gasteiger partial charge in [-0.3, -0.25) is 4.39 Å². The fraction of sp³-hybridized carbons (Fsp3) is 0.750. The molecule has 36 valence electrons. The lowest BCUT2D eigenvalue weighted by Crippen LogP contribution is -1.40. The Morgan fingerprint density at radius 2 is 1.83 bits per heavy atom. The Labute approximate surface area is 37.4 Å². The van der Waals surface area contributed by atoms with Gasteiger partial charge in [0.2, 0.25) is 0 Å². The highest BCUT2D eigenvalue weighted by molar-refractivity contribution is 4.51. The zero-order chi connectivity index (χ0) is 5.41. The van der Waals surface area contributed by atoms with Crippen LogP contribution in [-0.2, 0) is 0 Å². The predicted octanol–water partition coefficient (Wildman–Crippen LogP) is 1.51. The van der Waals surface area contributed by atoms with E-state index in [4.69, 9.17) is 5.26 Å². The summed E-state index contributed by atoms with van der Waals surface area (Å²) in [5.74, 6) is 0. The summed E-state index contributed by atoms with van der Waals surface area (Å²) < 4.78 is 10.3. The van der Waals surface area contributed by atoms with Gasteiger partial charge in [-0.25, -0.2) is 0 Å². The van der Waals surface area contributed by atoms with Crippen LogP contribution < -0.4 is 0 Å². The monoisotopic (exact) mass is 89.1 g/mol. The van der Waals surface area contributed by atoms with Crippen molar-refractivity contribution in [3.05, 3.63) is 0 Å². The Kier molecular flexibility index (Phi) is 38.7. The minimum absolute atomic E-state index is 0.250. The van der Waals surface area contributed by atoms with E-state index in [0.717, 1.165) is 0 Å². The summed E-state index contributed by atoms with van der Waals surface area (Å²) in [6.45, 7) is 2.64. The first-order valence-electron chi connectivity index (χ1n) is 1.70. The minimum atomic E-state index is -0.250. The van der Waals surface area contributed by atoms with Crippen molar-refractivity contribution in [2.45, 2.75) is 13.8 Å². The molecule has 0 saturated heterocycles. The number of nitriles is 1. The first kappa shape index (κ1) is 9.05. The number of rotatable bonds is 0. The lowest BCUT2D eigenvalue weighted by atomic mass is 10.9. The molecule has 0 aromatic rings. The van der Waals surface area contributed by atoms with Gasteiger partial charge in [-0.1, -0.05) is 0 Å². The summed E-state index contributed by atoms with van der Waals surface area (Å²) in [4.78, 5) is 0. The topological polar surface area (TPSA) is 23.8 Å². The van der Waals surface area contributed by atoms with Crippen LogP contribution in [0, 0.1) is 11.3 Å². The molecule has 0 spiro atoms. The average Bonchev–Trinajstić information content (AvgIpc) is 1.39. The maximum Gasteiger partial charge on any atom is 0.0866 e. The van der Waals surface area contributed by atoms with Gasteiger partial charge in [-0.15, -0.1) is 0 Å². The Hall–Kier alpha value is -0.580. The highest BCUT2D eigenvalue weighted by atomic mass is 19.1. The third kappa shape index (κ3) is 59.5. The molecule has 0 aliphatic heterocycles. The molecule has 0 unspecified atom stereocenters. The van der Waals surface area contributed by atoms with Crippen LogP contribution in [0.3, 0.4) is 0 Å². The Bertz CT molecular complexity index is 37.3. The molecule has 0 aromatic carbocycles. The van der Waals surface area contributed by atoms with Gasteiger partial charge >= 0.3 is 0 Å². The van der Waals surface area contributed by atoms with Gasteiger partial charge in [0, 0.05) is 6.92 Å². The normalized spacial score (nSPS) is 4.33. The standard InChI is InChI=1S/C2H5F.C2H3N/c2*1-2-3/h2H2,1H3;1H3. The van der Waals surface area contributed by atoms with Crippen LogP contribution in [-0.4, -0.2) is 6.67 Å². The smallest absolute Gasteiger partial charge is 0.0866 e. The SMILES string of the molecule is CC#N.CCF. The molecule has 0 aliphatic carbocycles. The van der Waals surface area contributed by atoms with Crippen molar-refractivity contribution in [3.63, 3.8) is 0 Å². The van der Waals surface area contributed by atoms with Crippen LogP contribution in [0.15, 0.2) is 0 Å². The summed E-state index contributed by atoms with van der Waals surface area (Å²) in [5.41, 5.74) is 0. The summed E-state index contributed by atoms with van der Waals surface area (Å²) >= 11 is 0. The molecule has 0 amide bonds. The highest BCUT2D eigenvalue weighted by Gasteiger charge is 1.39. The van der Waals surface area contributed by atoms with E-state index in [1.807, 2.05) is 0 Å². The summed E-state index contributed by atoms with van der Waals surface area (Å²) in [6, 6.07) is 1.75. The first-order valence-corrected chi connectivity index (χ1v) is 1.70. The predicted molar refractivity (Wildman–Crippen MR) is 22.9 cm³/mol. The van der Waals surface area contributed by atoms with Crippen molar-refractivity contribution in [2.24, 2.45) is 0 Å². The largest absolute Gasteiger partial charge is 0.251 e. The molecule has 0 N–H and O–H groups in total. The summed E-state index contributed by atoms with van der Waals surface area (Å²) in [6.07, 6.45) is 0. The van der Waals surface area contributed by atoms with E-state index in [1.165, 1.54) is 13.8 Å². The zero-order valence-electron chi connectivity index (χ0n) is 4.03. The van der Waals surface area contributed by atoms with Crippen LogP contribution in [0.4, 0.5) is 4.39 Å². The molecule has 0 aliphatic rings. The van der Waals surface area contributed by atoms with Crippen molar-refractivity contribution < 1.29 is 4.39 Å². The highest BCUT2D eigenvalue weighted by Crippen LogP contribution is 1.48. The second kappa shape index (κ2) is 25.6. The van der Waals surface area contributed by atoms with E-state index >= 15 is 0 Å². The Morgan fingerprint density at radius 3 is 1.83 bits per heavy atom. The average molecular weight is 89.1 g/mol. The summed E-state index contributed by atoms with van der Waals surface area (Å²) in [7, 11) is 0. The van der Waals surface area contributed by atoms with Gasteiger partial charge in [0.1, 0.15) is 0 Å². The second-order valence-corrected chi connectivity index (χ2v) is 0.491. The lowest BCUT2D eigenvalue weighted by molar-refractivity contribution is 0.527. The van der Waals surface area contributed by atoms with Crippen molar-refractivity contribution in [1.29, 1.82) is 5.26 Å². The van der Waals surface area contributed by atoms with E-state index in [0.29, 0.717) is 0 Å². The number of alkyl halides is 1. The van der Waals surface area contributed by atoms with E-state index in [2.05, 4.69) is 0 Å². The van der Waals surface area contributed by atoms with Gasteiger partial charge in [-0.2, -0.15) is 5.26 Å². The molecule has 6 heavy (non-hydrogen) atoms. The van der Waals surface area contributed by atoms with Gasteiger partial charge < -0.3 is 0 Å². The van der Waals surface area contributed by atoms with Crippen molar-refractivity contribution in [1.82, 2.24) is 0 Å². The minimum Gasteiger partial charge on any atom is -0.251 e. The third-order valence-corrected chi connectivity index (χ3v) is 0. The van der Waals surface area contributed by atoms with Crippen molar-refractivity contribution >= 4 is 0 Å². The second-order valence-electron chi connectivity index (χ2n) is 0.491. The van der Waals surface area contributed by atoms with Crippen LogP contribution in [0.2, 0.25) is 0 Å². The van der Waals surface area contributed by atoms with Crippen LogP contribution in [0.1, 0.15) is 13.8 Å². The molecular formula is C4H8FN. The number of hydrogen-bond acceptors (Lipinski definition) is 1. The Morgan fingerprint density at radius 1 is 1.83 bits per heavy atom. The number of nitrogens with zero attached hydrogens (tertiary/aromatic N) is 1. The number of hydrogen-bond donors (Lipinski definition) is 0. The van der Waals surface area contributed by atoms with Crippen molar-refractivity contribution in [3.8, 4) is 6.07 Å². The molecule has 2 heteroatoms. The quantitative estimate of drug-likeness (QED) is 0.441. The number of halogens is 1. The molecule has 0 atom stereocenters. The van der Waals surface area contributed by atoms with E-state index in [-0.39, 0.29) is 6.67 Å². The van der Waals surface area contributed by atoms with Crippen LogP contribution in [0.25, 0.3) is 0 Å². The van der Waals surface area contributed by atoms with E-state index in [1.54, 1.807) is 6.07 Å². The fourth-order valence-corrected chi connectivity index (χ4v) is 0. The molecule has 0 bridgehead atoms. The van der Waals surface area contributed by atoms with Gasteiger partial charge in [0.25, 0.3) is 0 Å². The lowest BCUT2D eigenvalue weighted by Gasteiger charge is -1.45. The first-order chi connectivity index (χ1) is 2.83. The zero-order valence-corrected chi connectivity index (χ0v) is 4.03. The molecule has 0 saturated carbocycles. The molecule has 0 radical (unpaired) electrons. The maximum absolute atomic E-state index is 10.3. The maximum atomic E-state index is 10.3. The van der Waals surface area contributed by atoms with Gasteiger partial charge in [0.15, 0.2) is 0 Å². The van der Waals surface area contributed by atoms with Crippen molar-refractivity contribution in [2.75, 3.05) is 6.67 Å². The van der Waals surface area contributed by atoms with Gasteiger partial charge in [0.05, 0.1) is 12.7 Å². The van der Waals surface area contributed by atoms with Gasteiger partial charge in [-0.05, 0) is 6.92 Å². The van der Waals surface area contributed by atoms with Crippen LogP contribution in [0.5, 0.6) is 0 Å². The molecule has 0 rings (SSSR count). The van der Waals surface area contributed by atoms with E-state index < -0.39 is 0 Å². The van der Waals surface area contributed by atoms with Crippen LogP contribution >= 0.6 is 0 Å². The summed E-state index contributed by atoms with van der Waals surface area (Å²) in [5, 5.41) is 7.32. The molecule has 0 aromatic heterocycles. The Balaban J connectivity index is 0. The molecule has 0 heterocycles. The van der Waals surface area contributed by atoms with E-state index in [9.17, 15) is 4.39 Å².